The van der Waals surface area contributed by atoms with E-state index in [1.807, 2.05) is 54.6 Å². The summed E-state index contributed by atoms with van der Waals surface area (Å²) in [4.78, 5) is 4.97. The maximum absolute atomic E-state index is 13.1. The van der Waals surface area contributed by atoms with Crippen molar-refractivity contribution in [2.45, 2.75) is 49.6 Å². The minimum atomic E-state index is -5.31. The third-order valence-electron chi connectivity index (χ3n) is 8.13. The molecule has 0 radical (unpaired) electrons. The van der Waals surface area contributed by atoms with Gasteiger partial charge in [0, 0.05) is 41.5 Å². The topological polar surface area (TPSA) is 55.2 Å². The van der Waals surface area contributed by atoms with Crippen LogP contribution in [0.5, 0.6) is 0 Å². The van der Waals surface area contributed by atoms with E-state index in [0.29, 0.717) is 39.7 Å². The Labute approximate surface area is 246 Å². The highest BCUT2D eigenvalue weighted by molar-refractivity contribution is 7.90. The molecule has 0 bridgehead atoms. The molecule has 6 rings (SSSR count). The summed E-state index contributed by atoms with van der Waals surface area (Å²) in [5, 5.41) is 1.31. The number of sulfonamides is 1. The molecule has 5 nitrogen and oxygen atoms in total. The molecule has 0 N–H and O–H groups in total. The summed E-state index contributed by atoms with van der Waals surface area (Å²) in [6.45, 7) is 0.301. The Balaban J connectivity index is 1.35. The summed E-state index contributed by atoms with van der Waals surface area (Å²) >= 11 is 12.4. The zero-order valence-electron chi connectivity index (χ0n) is 22.0. The summed E-state index contributed by atoms with van der Waals surface area (Å²) in [5.41, 5.74) is -0.218. The first-order valence-electron chi connectivity index (χ1n) is 13.6. The van der Waals surface area contributed by atoms with Crippen molar-refractivity contribution in [2.75, 3.05) is 13.1 Å². The van der Waals surface area contributed by atoms with Crippen molar-refractivity contribution in [1.29, 1.82) is 0 Å². The minimum absolute atomic E-state index is 0.0385. The molecular formula is C30H28Cl2F3N3O2S. The van der Waals surface area contributed by atoms with Gasteiger partial charge in [0.2, 0.25) is 0 Å². The van der Waals surface area contributed by atoms with Crippen molar-refractivity contribution in [1.82, 2.24) is 13.9 Å². The number of nitrogens with zero attached hydrogens (tertiary/aromatic N) is 3. The summed E-state index contributed by atoms with van der Waals surface area (Å²) in [6, 6.07) is 21.8. The Morgan fingerprint density at radius 1 is 0.829 bits per heavy atom. The van der Waals surface area contributed by atoms with Crippen LogP contribution in [0.1, 0.15) is 60.0 Å². The van der Waals surface area contributed by atoms with E-state index in [4.69, 9.17) is 28.2 Å². The molecule has 1 saturated carbocycles. The fourth-order valence-electron chi connectivity index (χ4n) is 5.81. The average Bonchev–Trinajstić information content (AvgIpc) is 3.73. The van der Waals surface area contributed by atoms with Gasteiger partial charge >= 0.3 is 15.5 Å². The molecule has 4 aromatic rings. The van der Waals surface area contributed by atoms with E-state index < -0.39 is 15.5 Å². The Hall–Kier alpha value is -2.59. The number of halogens is 5. The smallest absolute Gasteiger partial charge is 0.327 e. The van der Waals surface area contributed by atoms with E-state index in [9.17, 15) is 21.6 Å². The predicted octanol–water partition coefficient (Wildman–Crippen LogP) is 7.96. The number of fused-ring (bicyclic) bond motifs is 1. The maximum Gasteiger partial charge on any atom is 0.511 e. The number of hydrogen-bond acceptors (Lipinski definition) is 3. The largest absolute Gasteiger partial charge is 0.511 e. The van der Waals surface area contributed by atoms with E-state index >= 15 is 0 Å². The third-order valence-corrected chi connectivity index (χ3v) is 10.3. The monoisotopic (exact) mass is 621 g/mol. The average molecular weight is 623 g/mol. The summed E-state index contributed by atoms with van der Waals surface area (Å²) < 4.78 is 65.8. The lowest BCUT2D eigenvalue weighted by atomic mass is 9.85. The Kier molecular flexibility index (Phi) is 7.59. The summed E-state index contributed by atoms with van der Waals surface area (Å²) in [6.07, 6.45) is 2.82. The van der Waals surface area contributed by atoms with Crippen LogP contribution < -0.4 is 0 Å². The quantitative estimate of drug-likeness (QED) is 0.197. The highest BCUT2D eigenvalue weighted by Crippen LogP contribution is 2.42. The molecule has 1 saturated heterocycles. The van der Waals surface area contributed by atoms with Gasteiger partial charge in [0.25, 0.3) is 0 Å². The normalized spacial score (nSPS) is 17.5. The van der Waals surface area contributed by atoms with Crippen LogP contribution in [-0.2, 0) is 16.6 Å². The van der Waals surface area contributed by atoms with Gasteiger partial charge in [-0.2, -0.15) is 17.5 Å². The van der Waals surface area contributed by atoms with Crippen molar-refractivity contribution >= 4 is 44.3 Å². The second-order valence-corrected chi connectivity index (χ2v) is 13.7. The standard InChI is InChI=1S/C30H28Cl2F3N3O2S/c31-24-8-3-20(4-9-24)28(21-5-10-25(32)11-6-21)23-7-12-26-27(17-23)38(29(36-26)22-1-2-22)18-19-13-15-37(16-14-19)41(39,40)30(33,34)35/h3-12,17,19,22,28H,1-2,13-16,18H2. The zero-order valence-corrected chi connectivity index (χ0v) is 24.3. The highest BCUT2D eigenvalue weighted by atomic mass is 35.5. The molecule has 0 unspecified atom stereocenters. The molecule has 2 aliphatic rings. The molecule has 11 heteroatoms. The van der Waals surface area contributed by atoms with Gasteiger partial charge in [0.1, 0.15) is 5.82 Å². The van der Waals surface area contributed by atoms with Crippen LogP contribution in [0, 0.1) is 5.92 Å². The van der Waals surface area contributed by atoms with E-state index in [1.165, 1.54) is 0 Å². The van der Waals surface area contributed by atoms with Crippen molar-refractivity contribution < 1.29 is 21.6 Å². The third kappa shape index (κ3) is 5.74. The molecule has 0 atom stereocenters. The first-order valence-corrected chi connectivity index (χ1v) is 15.8. The second kappa shape index (κ2) is 10.9. The zero-order chi connectivity index (χ0) is 28.9. The number of benzene rings is 3. The lowest BCUT2D eigenvalue weighted by Gasteiger charge is -2.32. The van der Waals surface area contributed by atoms with Crippen LogP contribution in [-0.4, -0.2) is 40.9 Å². The van der Waals surface area contributed by atoms with Crippen molar-refractivity contribution in [2.24, 2.45) is 5.92 Å². The molecule has 0 amide bonds. The summed E-state index contributed by atoms with van der Waals surface area (Å²) in [7, 11) is -5.31. The van der Waals surface area contributed by atoms with Gasteiger partial charge in [-0.3, -0.25) is 0 Å². The molecule has 0 spiro atoms. The molecule has 216 valence electrons. The number of alkyl halides is 3. The first kappa shape index (κ1) is 28.5. The van der Waals surface area contributed by atoms with Gasteiger partial charge in [0.05, 0.1) is 11.0 Å². The van der Waals surface area contributed by atoms with Crippen LogP contribution in [0.25, 0.3) is 11.0 Å². The molecule has 1 aromatic heterocycles. The fraction of sp³-hybridized carbons (Fsp3) is 0.367. The number of rotatable bonds is 7. The van der Waals surface area contributed by atoms with Crippen molar-refractivity contribution in [3.63, 3.8) is 0 Å². The fourth-order valence-corrected chi connectivity index (χ4v) is 7.04. The second-order valence-electron chi connectivity index (χ2n) is 10.9. The Morgan fingerprint density at radius 3 is 1.88 bits per heavy atom. The van der Waals surface area contributed by atoms with Crippen molar-refractivity contribution in [3.05, 3.63) is 99.3 Å². The van der Waals surface area contributed by atoms with Gasteiger partial charge in [-0.05, 0) is 84.7 Å². The molecule has 41 heavy (non-hydrogen) atoms. The highest BCUT2D eigenvalue weighted by Gasteiger charge is 2.50. The van der Waals surface area contributed by atoms with Gasteiger partial charge in [-0.1, -0.05) is 53.5 Å². The van der Waals surface area contributed by atoms with Gasteiger partial charge in [-0.15, -0.1) is 0 Å². The lowest BCUT2D eigenvalue weighted by molar-refractivity contribution is -0.0497. The number of aromatic nitrogens is 2. The van der Waals surface area contributed by atoms with Gasteiger partial charge in [-0.25, -0.2) is 13.4 Å². The van der Waals surface area contributed by atoms with E-state index in [-0.39, 0.29) is 24.9 Å². The first-order chi connectivity index (χ1) is 19.5. The van der Waals surface area contributed by atoms with Crippen molar-refractivity contribution in [3.8, 4) is 0 Å². The molecular weight excluding hydrogens is 594 g/mol. The van der Waals surface area contributed by atoms with Gasteiger partial charge in [0.15, 0.2) is 0 Å². The summed E-state index contributed by atoms with van der Waals surface area (Å²) in [5.74, 6) is 1.31. The molecule has 2 heterocycles. The Morgan fingerprint density at radius 2 is 1.37 bits per heavy atom. The van der Waals surface area contributed by atoms with Crippen LogP contribution in [0.2, 0.25) is 10.0 Å². The predicted molar refractivity (Wildman–Crippen MR) is 155 cm³/mol. The van der Waals surface area contributed by atoms with Crippen LogP contribution in [0.15, 0.2) is 66.7 Å². The Bertz CT molecular complexity index is 1610. The van der Waals surface area contributed by atoms with Crippen LogP contribution in [0.3, 0.4) is 0 Å². The van der Waals surface area contributed by atoms with E-state index in [0.717, 1.165) is 46.4 Å². The molecule has 2 fully saturated rings. The number of piperidine rings is 1. The lowest BCUT2D eigenvalue weighted by Crippen LogP contribution is -2.45. The van der Waals surface area contributed by atoms with E-state index in [1.54, 1.807) is 0 Å². The molecule has 1 aliphatic carbocycles. The SMILES string of the molecule is O=S(=O)(N1CCC(Cn2c(C3CC3)nc3ccc(C(c4ccc(Cl)cc4)c4ccc(Cl)cc4)cc32)CC1)C(F)(F)F. The molecule has 3 aromatic carbocycles. The van der Waals surface area contributed by atoms with Crippen LogP contribution in [0.4, 0.5) is 13.2 Å². The van der Waals surface area contributed by atoms with Gasteiger partial charge < -0.3 is 4.57 Å². The maximum atomic E-state index is 13.1. The molecule has 1 aliphatic heterocycles. The van der Waals surface area contributed by atoms with E-state index in [2.05, 4.69) is 16.7 Å². The number of hydrogen-bond donors (Lipinski definition) is 0. The minimum Gasteiger partial charge on any atom is -0.327 e. The van der Waals surface area contributed by atoms with Crippen LogP contribution >= 0.6 is 23.2 Å². The number of imidazole rings is 1.